The Morgan fingerprint density at radius 2 is 1.90 bits per heavy atom. The Hall–Kier alpha value is -0.860. The van der Waals surface area contributed by atoms with Gasteiger partial charge >= 0.3 is 0 Å². The number of nitrogens with one attached hydrogen (secondary N) is 1. The minimum absolute atomic E-state index is 0.630. The molecule has 0 aromatic heterocycles. The molecule has 118 valence electrons. The highest BCUT2D eigenvalue weighted by molar-refractivity contribution is 5.16. The van der Waals surface area contributed by atoms with E-state index in [9.17, 15) is 0 Å². The maximum absolute atomic E-state index is 3.79. The Bertz CT molecular complexity index is 401. The van der Waals surface area contributed by atoms with Gasteiger partial charge in [-0.25, -0.2) is 0 Å². The van der Waals surface area contributed by atoms with Gasteiger partial charge in [0.2, 0.25) is 0 Å². The van der Waals surface area contributed by atoms with Crippen molar-refractivity contribution in [2.24, 2.45) is 5.92 Å². The van der Waals surface area contributed by atoms with E-state index in [-0.39, 0.29) is 0 Å². The first-order valence-corrected chi connectivity index (χ1v) is 8.63. The molecule has 0 amide bonds. The molecule has 1 heterocycles. The Morgan fingerprint density at radius 1 is 1.19 bits per heavy atom. The normalized spacial score (nSPS) is 25.2. The zero-order valence-electron chi connectivity index (χ0n) is 14.2. The van der Waals surface area contributed by atoms with Crippen LogP contribution in [-0.2, 0) is 6.42 Å². The van der Waals surface area contributed by atoms with E-state index in [1.165, 1.54) is 24.9 Å². The van der Waals surface area contributed by atoms with Gasteiger partial charge in [-0.05, 0) is 37.7 Å². The maximum atomic E-state index is 3.79. The van der Waals surface area contributed by atoms with Crippen LogP contribution in [0.25, 0.3) is 0 Å². The first-order valence-electron chi connectivity index (χ1n) is 8.63. The molecule has 0 radical (unpaired) electrons. The standard InChI is InChI=1S/C19H32N2/c1-5-16(4)21-14-18(11-15(2)3)20-13-19(21)12-17-9-7-6-8-10-17/h6-10,15-16,18-20H,5,11-14H2,1-4H3. The SMILES string of the molecule is CCC(C)N1CC(CC(C)C)NCC1Cc1ccccc1. The van der Waals surface area contributed by atoms with Crippen molar-refractivity contribution in [1.29, 1.82) is 0 Å². The molecule has 21 heavy (non-hydrogen) atoms. The van der Waals surface area contributed by atoms with E-state index in [1.54, 1.807) is 0 Å². The Labute approximate surface area is 130 Å². The summed E-state index contributed by atoms with van der Waals surface area (Å²) in [5.74, 6) is 0.770. The number of benzene rings is 1. The second-order valence-corrected chi connectivity index (χ2v) is 7.03. The first kappa shape index (κ1) is 16.5. The van der Waals surface area contributed by atoms with E-state index >= 15 is 0 Å². The molecule has 0 spiro atoms. The van der Waals surface area contributed by atoms with E-state index in [0.717, 1.165) is 18.9 Å². The van der Waals surface area contributed by atoms with Crippen molar-refractivity contribution in [1.82, 2.24) is 10.2 Å². The molecule has 1 saturated heterocycles. The molecule has 1 aliphatic rings. The van der Waals surface area contributed by atoms with Gasteiger partial charge in [0.05, 0.1) is 0 Å². The molecular formula is C19H32N2. The summed E-state index contributed by atoms with van der Waals surface area (Å²) in [6, 6.07) is 12.9. The second kappa shape index (κ2) is 7.95. The Morgan fingerprint density at radius 3 is 2.52 bits per heavy atom. The lowest BCUT2D eigenvalue weighted by Gasteiger charge is -2.44. The third kappa shape index (κ3) is 4.82. The molecule has 2 heteroatoms. The Kier molecular flexibility index (Phi) is 6.25. The number of hydrogen-bond acceptors (Lipinski definition) is 2. The fraction of sp³-hybridized carbons (Fsp3) is 0.684. The minimum atomic E-state index is 0.630. The quantitative estimate of drug-likeness (QED) is 0.858. The minimum Gasteiger partial charge on any atom is -0.311 e. The molecule has 1 aromatic carbocycles. The molecule has 1 aliphatic heterocycles. The lowest BCUT2D eigenvalue weighted by atomic mass is 9.95. The van der Waals surface area contributed by atoms with E-state index in [4.69, 9.17) is 0 Å². The highest BCUT2D eigenvalue weighted by atomic mass is 15.2. The summed E-state index contributed by atoms with van der Waals surface area (Å²) >= 11 is 0. The average Bonchev–Trinajstić information content (AvgIpc) is 2.48. The predicted octanol–water partition coefficient (Wildman–Crippen LogP) is 3.72. The third-order valence-corrected chi connectivity index (χ3v) is 4.77. The maximum Gasteiger partial charge on any atom is 0.0264 e. The van der Waals surface area contributed by atoms with Gasteiger partial charge in [-0.2, -0.15) is 0 Å². The molecule has 0 saturated carbocycles. The van der Waals surface area contributed by atoms with Gasteiger partial charge < -0.3 is 5.32 Å². The van der Waals surface area contributed by atoms with Gasteiger partial charge in [0.25, 0.3) is 0 Å². The van der Waals surface area contributed by atoms with Crippen LogP contribution in [-0.4, -0.2) is 36.1 Å². The van der Waals surface area contributed by atoms with Crippen molar-refractivity contribution in [2.45, 2.75) is 65.1 Å². The topological polar surface area (TPSA) is 15.3 Å². The number of rotatable bonds is 6. The molecule has 2 nitrogen and oxygen atoms in total. The van der Waals surface area contributed by atoms with Gasteiger partial charge in [-0.3, -0.25) is 4.90 Å². The van der Waals surface area contributed by atoms with Gasteiger partial charge in [0, 0.05) is 31.2 Å². The van der Waals surface area contributed by atoms with E-state index < -0.39 is 0 Å². The summed E-state index contributed by atoms with van der Waals surface area (Å²) < 4.78 is 0. The van der Waals surface area contributed by atoms with Crippen LogP contribution in [0.15, 0.2) is 30.3 Å². The molecule has 1 N–H and O–H groups in total. The van der Waals surface area contributed by atoms with Crippen LogP contribution in [0, 0.1) is 5.92 Å². The number of nitrogens with zero attached hydrogens (tertiary/aromatic N) is 1. The summed E-state index contributed by atoms with van der Waals surface area (Å²) in [6.07, 6.45) is 3.68. The average molecular weight is 288 g/mol. The van der Waals surface area contributed by atoms with Crippen molar-refractivity contribution < 1.29 is 0 Å². The van der Waals surface area contributed by atoms with Crippen molar-refractivity contribution in [3.8, 4) is 0 Å². The van der Waals surface area contributed by atoms with Gasteiger partial charge in [-0.1, -0.05) is 51.1 Å². The van der Waals surface area contributed by atoms with Crippen LogP contribution >= 0.6 is 0 Å². The Balaban J connectivity index is 2.02. The van der Waals surface area contributed by atoms with Crippen molar-refractivity contribution in [2.75, 3.05) is 13.1 Å². The van der Waals surface area contributed by atoms with E-state index in [2.05, 4.69) is 68.2 Å². The number of hydrogen-bond donors (Lipinski definition) is 1. The fourth-order valence-electron chi connectivity index (χ4n) is 3.46. The van der Waals surface area contributed by atoms with Crippen LogP contribution in [0.2, 0.25) is 0 Å². The van der Waals surface area contributed by atoms with Crippen LogP contribution in [0.4, 0.5) is 0 Å². The largest absolute Gasteiger partial charge is 0.311 e. The van der Waals surface area contributed by atoms with Crippen molar-refractivity contribution >= 4 is 0 Å². The zero-order valence-corrected chi connectivity index (χ0v) is 14.2. The zero-order chi connectivity index (χ0) is 15.2. The van der Waals surface area contributed by atoms with Crippen molar-refractivity contribution in [3.05, 3.63) is 35.9 Å². The molecule has 0 bridgehead atoms. The highest BCUT2D eigenvalue weighted by Gasteiger charge is 2.30. The highest BCUT2D eigenvalue weighted by Crippen LogP contribution is 2.20. The van der Waals surface area contributed by atoms with Gasteiger partial charge in [-0.15, -0.1) is 0 Å². The molecule has 3 atom stereocenters. The fourth-order valence-corrected chi connectivity index (χ4v) is 3.46. The predicted molar refractivity (Wildman–Crippen MR) is 91.6 cm³/mol. The summed E-state index contributed by atoms with van der Waals surface area (Å²) in [5.41, 5.74) is 1.46. The van der Waals surface area contributed by atoms with Gasteiger partial charge in [0.15, 0.2) is 0 Å². The van der Waals surface area contributed by atoms with Crippen molar-refractivity contribution in [3.63, 3.8) is 0 Å². The summed E-state index contributed by atoms with van der Waals surface area (Å²) in [5, 5.41) is 3.79. The monoisotopic (exact) mass is 288 g/mol. The molecular weight excluding hydrogens is 256 g/mol. The van der Waals surface area contributed by atoms with Crippen LogP contribution in [0.5, 0.6) is 0 Å². The van der Waals surface area contributed by atoms with Crippen LogP contribution in [0.1, 0.15) is 46.1 Å². The first-order chi connectivity index (χ1) is 10.1. The summed E-state index contributed by atoms with van der Waals surface area (Å²) in [7, 11) is 0. The molecule has 2 rings (SSSR count). The summed E-state index contributed by atoms with van der Waals surface area (Å²) in [6.45, 7) is 11.7. The van der Waals surface area contributed by atoms with Crippen LogP contribution in [0.3, 0.4) is 0 Å². The molecule has 0 aliphatic carbocycles. The lowest BCUT2D eigenvalue weighted by Crippen LogP contribution is -2.59. The lowest BCUT2D eigenvalue weighted by molar-refractivity contribution is 0.0809. The van der Waals surface area contributed by atoms with Gasteiger partial charge in [0.1, 0.15) is 0 Å². The number of piperazine rings is 1. The second-order valence-electron chi connectivity index (χ2n) is 7.03. The summed E-state index contributed by atoms with van der Waals surface area (Å²) in [4.78, 5) is 2.75. The smallest absolute Gasteiger partial charge is 0.0264 e. The third-order valence-electron chi connectivity index (χ3n) is 4.77. The molecule has 1 fully saturated rings. The molecule has 3 unspecified atom stereocenters. The van der Waals surface area contributed by atoms with Crippen LogP contribution < -0.4 is 5.32 Å². The van der Waals surface area contributed by atoms with E-state index in [0.29, 0.717) is 18.1 Å². The molecule has 1 aromatic rings. The van der Waals surface area contributed by atoms with E-state index in [1.807, 2.05) is 0 Å².